The van der Waals surface area contributed by atoms with E-state index in [0.29, 0.717) is 25.4 Å². The molecule has 5 rings (SSSR count). The molecule has 35 heavy (non-hydrogen) atoms. The number of ether oxygens (including phenoxy) is 2. The lowest BCUT2D eigenvalue weighted by Crippen LogP contribution is -2.31. The van der Waals surface area contributed by atoms with Crippen molar-refractivity contribution in [1.29, 1.82) is 0 Å². The molecule has 0 bridgehead atoms. The van der Waals surface area contributed by atoms with Gasteiger partial charge < -0.3 is 20.1 Å². The van der Waals surface area contributed by atoms with E-state index in [2.05, 4.69) is 15.6 Å². The summed E-state index contributed by atoms with van der Waals surface area (Å²) in [6, 6.07) is 4.74. The quantitative estimate of drug-likeness (QED) is 0.509. The molecule has 2 atom stereocenters. The Morgan fingerprint density at radius 1 is 1.34 bits per heavy atom. The third kappa shape index (κ3) is 4.64. The van der Waals surface area contributed by atoms with Gasteiger partial charge in [0, 0.05) is 18.3 Å². The van der Waals surface area contributed by atoms with Gasteiger partial charge in [0.15, 0.2) is 17.3 Å². The van der Waals surface area contributed by atoms with Crippen LogP contribution in [0.1, 0.15) is 48.7 Å². The molecule has 4 heterocycles. The zero-order valence-electron chi connectivity index (χ0n) is 19.3. The fourth-order valence-corrected chi connectivity index (χ4v) is 4.55. The first-order valence-corrected chi connectivity index (χ1v) is 11.3. The highest BCUT2D eigenvalue weighted by Crippen LogP contribution is 2.37. The maximum absolute atomic E-state index is 14.5. The van der Waals surface area contributed by atoms with Gasteiger partial charge in [-0.15, -0.1) is 5.10 Å². The minimum Gasteiger partial charge on any atom is -0.381 e. The Bertz CT molecular complexity index is 1270. The Labute approximate surface area is 199 Å². The number of anilines is 2. The molecule has 2 aliphatic heterocycles. The van der Waals surface area contributed by atoms with Gasteiger partial charge >= 0.3 is 0 Å². The molecule has 0 aliphatic carbocycles. The lowest BCUT2D eigenvalue weighted by atomic mass is 10.0. The zero-order valence-corrected chi connectivity index (χ0v) is 19.3. The molecule has 1 amide bonds. The van der Waals surface area contributed by atoms with Crippen LogP contribution < -0.4 is 16.1 Å². The van der Waals surface area contributed by atoms with Gasteiger partial charge in [-0.1, -0.05) is 0 Å². The molecule has 2 fully saturated rings. The van der Waals surface area contributed by atoms with E-state index in [-0.39, 0.29) is 41.3 Å². The predicted octanol–water partition coefficient (Wildman–Crippen LogP) is 2.74. The van der Waals surface area contributed by atoms with E-state index >= 15 is 0 Å². The summed E-state index contributed by atoms with van der Waals surface area (Å²) in [7, 11) is 0. The number of nitrogens with zero attached hydrogens (tertiary/aromatic N) is 4. The highest BCUT2D eigenvalue weighted by molar-refractivity contribution is 6.03. The Morgan fingerprint density at radius 3 is 2.94 bits per heavy atom. The zero-order chi connectivity index (χ0) is 24.7. The Balaban J connectivity index is 1.36. The molecule has 0 spiro atoms. The molecule has 186 valence electrons. The highest BCUT2D eigenvalue weighted by Gasteiger charge is 2.33. The largest absolute Gasteiger partial charge is 0.381 e. The molecule has 2 aliphatic rings. The van der Waals surface area contributed by atoms with Crippen LogP contribution in [0.3, 0.4) is 0 Å². The predicted molar refractivity (Wildman–Crippen MR) is 121 cm³/mol. The number of amides is 1. The number of aromatic nitrogens is 3. The van der Waals surface area contributed by atoms with E-state index < -0.39 is 23.3 Å². The molecule has 12 heteroatoms. The van der Waals surface area contributed by atoms with Crippen molar-refractivity contribution in [3.05, 3.63) is 53.2 Å². The van der Waals surface area contributed by atoms with Gasteiger partial charge in [-0.3, -0.25) is 9.63 Å². The molecule has 1 aromatic carbocycles. The van der Waals surface area contributed by atoms with Crippen molar-refractivity contribution in [3.8, 4) is 0 Å². The summed E-state index contributed by atoms with van der Waals surface area (Å²) in [5, 5.41) is 4.15. The van der Waals surface area contributed by atoms with E-state index in [1.165, 1.54) is 10.6 Å². The van der Waals surface area contributed by atoms with Crippen LogP contribution in [0.4, 0.5) is 20.4 Å². The summed E-state index contributed by atoms with van der Waals surface area (Å²) < 4.78 is 40.8. The summed E-state index contributed by atoms with van der Waals surface area (Å²) in [4.78, 5) is 24.7. The van der Waals surface area contributed by atoms with Gasteiger partial charge in [0.25, 0.3) is 5.91 Å². The van der Waals surface area contributed by atoms with Gasteiger partial charge in [0.05, 0.1) is 12.6 Å². The van der Waals surface area contributed by atoms with Crippen LogP contribution >= 0.6 is 0 Å². The van der Waals surface area contributed by atoms with E-state index in [9.17, 15) is 13.6 Å². The van der Waals surface area contributed by atoms with Crippen LogP contribution in [-0.4, -0.2) is 52.2 Å². The monoisotopic (exact) mass is 488 g/mol. The molecule has 10 nitrogen and oxygen atoms in total. The number of carbonyl (C=O) groups excluding carboxylic acids is 1. The van der Waals surface area contributed by atoms with Gasteiger partial charge in [-0.25, -0.2) is 23.8 Å². The first-order valence-electron chi connectivity index (χ1n) is 11.3. The molecule has 3 N–H and O–H groups in total. The van der Waals surface area contributed by atoms with Crippen molar-refractivity contribution < 1.29 is 27.9 Å². The molecule has 3 aromatic rings. The average molecular weight is 488 g/mol. The minimum absolute atomic E-state index is 0.0218. The number of halogens is 2. The van der Waals surface area contributed by atoms with Crippen LogP contribution in [0.5, 0.6) is 0 Å². The summed E-state index contributed by atoms with van der Waals surface area (Å²) >= 11 is 0. The highest BCUT2D eigenvalue weighted by atomic mass is 19.1. The van der Waals surface area contributed by atoms with Crippen LogP contribution in [0.2, 0.25) is 0 Å². The number of carbonyl (C=O) groups is 1. The fraction of sp³-hybridized carbons (Fsp3) is 0.435. The number of hydroxylamine groups is 1. The molecule has 0 saturated carbocycles. The van der Waals surface area contributed by atoms with Crippen molar-refractivity contribution in [3.63, 3.8) is 0 Å². The lowest BCUT2D eigenvalue weighted by molar-refractivity contribution is -0.147. The lowest BCUT2D eigenvalue weighted by Gasteiger charge is -2.26. The summed E-state index contributed by atoms with van der Waals surface area (Å²) in [5.74, 6) is -1.82. The van der Waals surface area contributed by atoms with E-state index in [0.717, 1.165) is 18.6 Å². The standard InChI is InChI=1S/C23H26F2N6O4/c1-23(2)33-11-14(35-23)12-34-29-22(32)19-20(26)28-31-9-7-18(27-21(19)31)30-8-3-4-17(30)15-10-13(24)5-6-16(15)25/h5-7,9-10,14,17H,3-4,8,11-12H2,1-2H3,(H2,26,28)(H,29,32)/t14?,17-/m1/s1. The summed E-state index contributed by atoms with van der Waals surface area (Å²) in [5.41, 5.74) is 8.89. The maximum Gasteiger partial charge on any atom is 0.282 e. The second-order valence-corrected chi connectivity index (χ2v) is 9.02. The van der Waals surface area contributed by atoms with E-state index in [1.54, 1.807) is 26.1 Å². The first kappa shape index (κ1) is 23.4. The van der Waals surface area contributed by atoms with Crippen molar-refractivity contribution in [2.75, 3.05) is 30.4 Å². The van der Waals surface area contributed by atoms with Gasteiger partial charge in [-0.2, -0.15) is 0 Å². The van der Waals surface area contributed by atoms with Crippen LogP contribution in [0.25, 0.3) is 5.65 Å². The smallest absolute Gasteiger partial charge is 0.282 e. The number of benzene rings is 1. The number of fused-ring (bicyclic) bond motifs is 1. The van der Waals surface area contributed by atoms with Gasteiger partial charge in [-0.05, 0) is 51.0 Å². The Hall–Kier alpha value is -3.35. The molecular weight excluding hydrogens is 462 g/mol. The number of nitrogens with two attached hydrogens (primary N) is 1. The first-order chi connectivity index (χ1) is 16.7. The third-order valence-electron chi connectivity index (χ3n) is 6.09. The normalized spacial score (nSPS) is 21.7. The van der Waals surface area contributed by atoms with Crippen molar-refractivity contribution >= 4 is 23.2 Å². The molecule has 2 saturated heterocycles. The second kappa shape index (κ2) is 9.02. The number of nitrogen functional groups attached to an aromatic ring is 1. The van der Waals surface area contributed by atoms with Crippen LogP contribution in [0.15, 0.2) is 30.5 Å². The summed E-state index contributed by atoms with van der Waals surface area (Å²) in [6.07, 6.45) is 2.71. The maximum atomic E-state index is 14.5. The fourth-order valence-electron chi connectivity index (χ4n) is 4.55. The summed E-state index contributed by atoms with van der Waals surface area (Å²) in [6.45, 7) is 4.61. The molecule has 2 aromatic heterocycles. The molecular formula is C23H26F2N6O4. The topological polar surface area (TPSA) is 116 Å². The Morgan fingerprint density at radius 2 is 2.17 bits per heavy atom. The SMILES string of the molecule is CC1(C)OCC(CONC(=O)c2c(N)nn3ccc(N4CCC[C@@H]4c4cc(F)ccc4F)nc23)O1. The molecule has 1 unspecified atom stereocenters. The Kier molecular flexibility index (Phi) is 6.03. The van der Waals surface area contributed by atoms with E-state index in [1.807, 2.05) is 4.90 Å². The van der Waals surface area contributed by atoms with Crippen molar-refractivity contribution in [1.82, 2.24) is 20.1 Å². The van der Waals surface area contributed by atoms with Crippen LogP contribution in [-0.2, 0) is 14.3 Å². The number of hydrogen-bond acceptors (Lipinski definition) is 8. The van der Waals surface area contributed by atoms with Crippen molar-refractivity contribution in [2.45, 2.75) is 44.6 Å². The number of hydrogen-bond donors (Lipinski definition) is 2. The second-order valence-electron chi connectivity index (χ2n) is 9.02. The average Bonchev–Trinajstić information content (AvgIpc) is 3.51. The number of nitrogens with one attached hydrogen (secondary N) is 1. The minimum atomic E-state index is -0.701. The van der Waals surface area contributed by atoms with Crippen molar-refractivity contribution in [2.24, 2.45) is 0 Å². The van der Waals surface area contributed by atoms with Gasteiger partial charge in [0.1, 0.15) is 35.7 Å². The van der Waals surface area contributed by atoms with E-state index in [4.69, 9.17) is 20.0 Å². The molecule has 0 radical (unpaired) electrons. The van der Waals surface area contributed by atoms with Gasteiger partial charge in [0.2, 0.25) is 0 Å². The third-order valence-corrected chi connectivity index (χ3v) is 6.09. The van der Waals surface area contributed by atoms with Crippen LogP contribution in [0, 0.1) is 11.6 Å². The number of rotatable bonds is 6.